The number of amides is 1. The molecule has 5 rings (SSSR count). The van der Waals surface area contributed by atoms with Gasteiger partial charge in [0, 0.05) is 17.5 Å². The monoisotopic (exact) mass is 498 g/mol. The van der Waals surface area contributed by atoms with Crippen LogP contribution in [0.3, 0.4) is 0 Å². The highest BCUT2D eigenvalue weighted by Gasteiger charge is 2.19. The first kappa shape index (κ1) is 24.1. The third kappa shape index (κ3) is 5.31. The van der Waals surface area contributed by atoms with E-state index in [-0.39, 0.29) is 22.9 Å². The number of hydrogen-bond donors (Lipinski definition) is 3. The molecule has 188 valence electrons. The third-order valence-electron chi connectivity index (χ3n) is 5.93. The molecule has 0 unspecified atom stereocenters. The number of benzene rings is 3. The lowest BCUT2D eigenvalue weighted by molar-refractivity contribution is -0.672. The van der Waals surface area contributed by atoms with Crippen molar-refractivity contribution in [1.82, 2.24) is 25.7 Å². The average molecular weight is 499 g/mol. The van der Waals surface area contributed by atoms with Crippen LogP contribution in [0.4, 0.5) is 5.95 Å². The second-order valence-electron chi connectivity index (χ2n) is 8.51. The Morgan fingerprint density at radius 1 is 0.757 bits per heavy atom. The summed E-state index contributed by atoms with van der Waals surface area (Å²) in [6.07, 6.45) is 1.48. The van der Waals surface area contributed by atoms with Crippen LogP contribution in [0, 0.1) is 10.4 Å². The number of fused-ring (bicyclic) bond motifs is 3. The lowest BCUT2D eigenvalue weighted by Crippen LogP contribution is -2.44. The van der Waals surface area contributed by atoms with Gasteiger partial charge in [0.15, 0.2) is 5.52 Å². The maximum absolute atomic E-state index is 12.8. The first-order chi connectivity index (χ1) is 18.1. The van der Waals surface area contributed by atoms with Gasteiger partial charge in [0.25, 0.3) is 11.4 Å². The van der Waals surface area contributed by atoms with E-state index >= 15 is 0 Å². The summed E-state index contributed by atoms with van der Waals surface area (Å²) in [4.78, 5) is 22.5. The number of rotatable bonds is 10. The molecule has 0 aliphatic carbocycles. The molecule has 0 fully saturated rings. The fraction of sp³-hybridized carbons (Fsp3) is 0.231. The van der Waals surface area contributed by atoms with Crippen molar-refractivity contribution >= 4 is 45.0 Å². The minimum Gasteiger partial charge on any atom is -0.739 e. The van der Waals surface area contributed by atoms with Gasteiger partial charge in [0.05, 0.1) is 28.7 Å². The lowest BCUT2D eigenvalue weighted by Gasteiger charge is -2.10. The van der Waals surface area contributed by atoms with E-state index in [1.807, 2.05) is 36.4 Å². The molecule has 5 aromatic rings. The van der Waals surface area contributed by atoms with E-state index in [2.05, 4.69) is 31.0 Å². The van der Waals surface area contributed by atoms with Gasteiger partial charge in [-0.25, -0.2) is 14.7 Å². The summed E-state index contributed by atoms with van der Waals surface area (Å²) in [5, 5.41) is 37.3. The molecule has 2 heterocycles. The Hall–Kier alpha value is -4.64. The van der Waals surface area contributed by atoms with Crippen molar-refractivity contribution in [3.63, 3.8) is 0 Å². The Morgan fingerprint density at radius 2 is 1.43 bits per heavy atom. The largest absolute Gasteiger partial charge is 0.739 e. The summed E-state index contributed by atoms with van der Waals surface area (Å²) in [7, 11) is 0. The number of aromatic nitrogens is 5. The highest BCUT2D eigenvalue weighted by atomic mass is 16.5. The Bertz CT molecular complexity index is 1580. The van der Waals surface area contributed by atoms with Crippen LogP contribution in [0.2, 0.25) is 0 Å². The zero-order valence-corrected chi connectivity index (χ0v) is 20.1. The highest BCUT2D eigenvalue weighted by Crippen LogP contribution is 2.19. The van der Waals surface area contributed by atoms with E-state index in [1.165, 1.54) is 0 Å². The van der Waals surface area contributed by atoms with Crippen molar-refractivity contribution in [2.24, 2.45) is 0 Å². The SMILES string of the molecule is O=C(NCCCNCCCNc1n[n+]([O-])c2ccccc2[n+]1[O-])c1cccc2nc3ccccc3nc12. The predicted molar refractivity (Wildman–Crippen MR) is 140 cm³/mol. The zero-order valence-electron chi connectivity index (χ0n) is 20.1. The molecule has 11 nitrogen and oxygen atoms in total. The third-order valence-corrected chi connectivity index (χ3v) is 5.93. The van der Waals surface area contributed by atoms with Crippen molar-refractivity contribution in [1.29, 1.82) is 0 Å². The maximum Gasteiger partial charge on any atom is 0.460 e. The summed E-state index contributed by atoms with van der Waals surface area (Å²) in [5.74, 6) is -0.202. The fourth-order valence-corrected chi connectivity index (χ4v) is 4.07. The molecule has 0 atom stereocenters. The molecule has 37 heavy (non-hydrogen) atoms. The van der Waals surface area contributed by atoms with Gasteiger partial charge in [-0.3, -0.25) is 10.1 Å². The van der Waals surface area contributed by atoms with Gasteiger partial charge in [-0.1, -0.05) is 30.3 Å². The molecule has 2 aromatic heterocycles. The first-order valence-electron chi connectivity index (χ1n) is 12.1. The second kappa shape index (κ2) is 11.0. The second-order valence-corrected chi connectivity index (χ2v) is 8.51. The number of nitrogens with zero attached hydrogens (tertiary/aromatic N) is 5. The Labute approximate surface area is 212 Å². The van der Waals surface area contributed by atoms with Crippen LogP contribution < -0.4 is 25.5 Å². The molecule has 0 spiro atoms. The Kier molecular flexibility index (Phi) is 7.13. The molecule has 3 N–H and O–H groups in total. The molecule has 3 aromatic carbocycles. The van der Waals surface area contributed by atoms with Crippen LogP contribution in [-0.4, -0.2) is 47.2 Å². The molecule has 0 saturated carbocycles. The minimum atomic E-state index is -0.177. The average Bonchev–Trinajstić information content (AvgIpc) is 2.93. The number of hydrogen-bond acceptors (Lipinski definition) is 8. The number of nitrogens with one attached hydrogen (secondary N) is 3. The Morgan fingerprint density at radius 3 is 2.24 bits per heavy atom. The number of carbonyl (C=O) groups is 1. The van der Waals surface area contributed by atoms with E-state index < -0.39 is 0 Å². The van der Waals surface area contributed by atoms with E-state index in [0.29, 0.717) is 45.8 Å². The lowest BCUT2D eigenvalue weighted by atomic mass is 10.1. The van der Waals surface area contributed by atoms with Gasteiger partial charge in [-0.2, -0.15) is 0 Å². The summed E-state index contributed by atoms with van der Waals surface area (Å²) in [6.45, 7) is 2.42. The standard InChI is InChI=1S/C26H26N8O3/c35-25(18-8-5-11-21-24(18)31-20-10-2-1-9-19(20)30-21)28-16-6-14-27-15-7-17-29-26-32-34(37)23-13-4-3-12-22(23)33(26)36/h1-5,8-13,27H,6-7,14-17H2,(H,28,35)(H,29,32). The van der Waals surface area contributed by atoms with E-state index in [4.69, 9.17) is 0 Å². The van der Waals surface area contributed by atoms with Crippen molar-refractivity contribution < 1.29 is 14.4 Å². The summed E-state index contributed by atoms with van der Waals surface area (Å²) in [6, 6.07) is 19.5. The summed E-state index contributed by atoms with van der Waals surface area (Å²) in [5.41, 5.74) is 3.82. The van der Waals surface area contributed by atoms with Crippen molar-refractivity contribution in [3.8, 4) is 0 Å². The van der Waals surface area contributed by atoms with Gasteiger partial charge in [0.1, 0.15) is 5.52 Å². The molecule has 0 saturated heterocycles. The fourth-order valence-electron chi connectivity index (χ4n) is 4.07. The molecule has 0 aliphatic rings. The molecule has 1 amide bonds. The molecule has 11 heteroatoms. The van der Waals surface area contributed by atoms with E-state index in [9.17, 15) is 15.2 Å². The van der Waals surface area contributed by atoms with Gasteiger partial charge in [-0.15, -0.1) is 0 Å². The van der Waals surface area contributed by atoms with Crippen LogP contribution >= 0.6 is 0 Å². The number of para-hydroxylation sites is 5. The molecular weight excluding hydrogens is 472 g/mol. The highest BCUT2D eigenvalue weighted by molar-refractivity contribution is 6.06. The van der Waals surface area contributed by atoms with Crippen molar-refractivity contribution in [2.45, 2.75) is 12.8 Å². The predicted octanol–water partition coefficient (Wildman–Crippen LogP) is 1.81. The molecular formula is C26H26N8O3. The summed E-state index contributed by atoms with van der Waals surface area (Å²) >= 11 is 0. The molecule has 0 radical (unpaired) electrons. The van der Waals surface area contributed by atoms with Crippen LogP contribution in [0.5, 0.6) is 0 Å². The molecule has 0 aliphatic heterocycles. The summed E-state index contributed by atoms with van der Waals surface area (Å²) < 4.78 is 0.629. The normalized spacial score (nSPS) is 11.2. The minimum absolute atomic E-state index is 0.0254. The zero-order chi connectivity index (χ0) is 25.6. The quantitative estimate of drug-likeness (QED) is 0.114. The van der Waals surface area contributed by atoms with Crippen LogP contribution in [0.25, 0.3) is 33.1 Å². The first-order valence-corrected chi connectivity index (χ1v) is 12.1. The number of anilines is 1. The van der Waals surface area contributed by atoms with Gasteiger partial charge >= 0.3 is 5.95 Å². The molecule has 0 bridgehead atoms. The van der Waals surface area contributed by atoms with Crippen molar-refractivity contribution in [2.75, 3.05) is 31.5 Å². The Balaban J connectivity index is 1.04. The van der Waals surface area contributed by atoms with Gasteiger partial charge < -0.3 is 21.0 Å². The van der Waals surface area contributed by atoms with E-state index in [0.717, 1.165) is 30.4 Å². The number of carbonyl (C=O) groups excluding carboxylic acids is 1. The van der Waals surface area contributed by atoms with Crippen LogP contribution in [-0.2, 0) is 0 Å². The van der Waals surface area contributed by atoms with Crippen molar-refractivity contribution in [3.05, 3.63) is 82.7 Å². The van der Waals surface area contributed by atoms with Gasteiger partial charge in [-0.05, 0) is 56.3 Å². The van der Waals surface area contributed by atoms with Gasteiger partial charge in [0.2, 0.25) is 5.10 Å². The maximum atomic E-state index is 12.8. The van der Waals surface area contributed by atoms with Crippen LogP contribution in [0.1, 0.15) is 23.2 Å². The topological polar surface area (TPSA) is 146 Å². The smallest absolute Gasteiger partial charge is 0.460 e. The van der Waals surface area contributed by atoms with E-state index in [1.54, 1.807) is 30.3 Å². The van der Waals surface area contributed by atoms with Crippen LogP contribution in [0.15, 0.2) is 66.7 Å².